The Bertz CT molecular complexity index is 666. The monoisotopic (exact) mass is 405 g/mol. The summed E-state index contributed by atoms with van der Waals surface area (Å²) < 4.78 is 47.2. The summed E-state index contributed by atoms with van der Waals surface area (Å²) in [5.74, 6) is 2.17. The van der Waals surface area contributed by atoms with Crippen LogP contribution in [0.5, 0.6) is 11.5 Å². The maximum Gasteiger partial charge on any atom is 0.422 e. The number of rotatable bonds is 5. The zero-order valence-corrected chi connectivity index (χ0v) is 16.8. The van der Waals surface area contributed by atoms with E-state index in [4.69, 9.17) is 9.47 Å². The molecule has 1 fully saturated rings. The molecule has 5 nitrogen and oxygen atoms in total. The highest BCUT2D eigenvalue weighted by Crippen LogP contribution is 2.31. The molecule has 0 spiro atoms. The van der Waals surface area contributed by atoms with Crippen molar-refractivity contribution in [2.45, 2.75) is 31.3 Å². The van der Waals surface area contributed by atoms with E-state index in [1.807, 2.05) is 11.8 Å². The van der Waals surface area contributed by atoms with E-state index in [2.05, 4.69) is 29.1 Å². The number of methoxy groups -OCH3 is 1. The van der Waals surface area contributed by atoms with Crippen molar-refractivity contribution in [2.24, 2.45) is 4.99 Å². The number of guanidine groups is 1. The van der Waals surface area contributed by atoms with Gasteiger partial charge in [0.05, 0.1) is 7.11 Å². The third-order valence-corrected chi connectivity index (χ3v) is 5.30. The molecule has 152 valence electrons. The highest BCUT2D eigenvalue weighted by atomic mass is 32.2. The van der Waals surface area contributed by atoms with Crippen molar-refractivity contribution in [3.63, 3.8) is 0 Å². The Morgan fingerprint density at radius 3 is 2.67 bits per heavy atom. The van der Waals surface area contributed by atoms with E-state index < -0.39 is 12.8 Å². The largest absolute Gasteiger partial charge is 0.493 e. The van der Waals surface area contributed by atoms with Crippen LogP contribution in [0.3, 0.4) is 0 Å². The molecule has 1 heterocycles. The maximum absolute atomic E-state index is 12.3. The van der Waals surface area contributed by atoms with Gasteiger partial charge < -0.3 is 19.7 Å². The van der Waals surface area contributed by atoms with Crippen molar-refractivity contribution in [1.29, 1.82) is 0 Å². The number of alkyl halides is 3. The minimum Gasteiger partial charge on any atom is -0.493 e. The molecule has 2 rings (SSSR count). The first-order valence-electron chi connectivity index (χ1n) is 8.59. The number of benzene rings is 1. The van der Waals surface area contributed by atoms with E-state index in [-0.39, 0.29) is 16.2 Å². The van der Waals surface area contributed by atoms with E-state index in [0.717, 1.165) is 30.4 Å². The smallest absolute Gasteiger partial charge is 0.422 e. The fourth-order valence-electron chi connectivity index (χ4n) is 2.81. The van der Waals surface area contributed by atoms with Crippen molar-refractivity contribution < 1.29 is 22.6 Å². The Labute approximate surface area is 162 Å². The number of hydrogen-bond donors (Lipinski definition) is 1. The van der Waals surface area contributed by atoms with Gasteiger partial charge in [-0.3, -0.25) is 4.99 Å². The zero-order valence-electron chi connectivity index (χ0n) is 16.0. The fraction of sp³-hybridized carbons (Fsp3) is 0.611. The molecular formula is C18H26F3N3O2S. The summed E-state index contributed by atoms with van der Waals surface area (Å²) in [4.78, 5) is 6.57. The Morgan fingerprint density at radius 1 is 1.33 bits per heavy atom. The van der Waals surface area contributed by atoms with Gasteiger partial charge in [0.1, 0.15) is 0 Å². The third kappa shape index (κ3) is 6.71. The van der Waals surface area contributed by atoms with Gasteiger partial charge in [-0.25, -0.2) is 0 Å². The summed E-state index contributed by atoms with van der Waals surface area (Å²) in [6, 6.07) is 4.87. The van der Waals surface area contributed by atoms with Gasteiger partial charge in [0.2, 0.25) is 0 Å². The van der Waals surface area contributed by atoms with Crippen LogP contribution >= 0.6 is 11.8 Å². The Kier molecular flexibility index (Phi) is 7.13. The molecule has 0 bridgehead atoms. The lowest BCUT2D eigenvalue weighted by Crippen LogP contribution is -2.50. The molecule has 0 unspecified atom stereocenters. The van der Waals surface area contributed by atoms with Gasteiger partial charge in [0.15, 0.2) is 24.1 Å². The van der Waals surface area contributed by atoms with Crippen molar-refractivity contribution in [3.05, 3.63) is 23.8 Å². The van der Waals surface area contributed by atoms with Gasteiger partial charge in [-0.1, -0.05) is 6.07 Å². The molecule has 1 aliphatic heterocycles. The average molecular weight is 405 g/mol. The minimum absolute atomic E-state index is 0.0674. The van der Waals surface area contributed by atoms with Gasteiger partial charge >= 0.3 is 6.18 Å². The van der Waals surface area contributed by atoms with Gasteiger partial charge in [-0.15, -0.1) is 0 Å². The number of aliphatic imine (C=N–C) groups is 1. The maximum atomic E-state index is 12.3. The first-order chi connectivity index (χ1) is 12.6. The summed E-state index contributed by atoms with van der Waals surface area (Å²) in [6.07, 6.45) is -4.39. The molecule has 9 heteroatoms. The first kappa shape index (κ1) is 21.5. The van der Waals surface area contributed by atoms with Gasteiger partial charge in [-0.2, -0.15) is 24.9 Å². The van der Waals surface area contributed by atoms with Crippen LogP contribution in [0.2, 0.25) is 0 Å². The lowest BCUT2D eigenvalue weighted by molar-refractivity contribution is -0.153. The number of ether oxygens (including phenoxy) is 2. The average Bonchev–Trinajstić information content (AvgIpc) is 2.59. The molecular weight excluding hydrogens is 379 g/mol. The molecule has 1 aliphatic rings. The molecule has 0 aliphatic carbocycles. The number of nitrogens with one attached hydrogen (secondary N) is 1. The summed E-state index contributed by atoms with van der Waals surface area (Å²) in [7, 11) is 3.14. The van der Waals surface area contributed by atoms with E-state index in [1.165, 1.54) is 13.2 Å². The summed E-state index contributed by atoms with van der Waals surface area (Å²) in [5.41, 5.74) is 0.859. The standard InChI is InChI=1S/C18H26F3N3O2S/c1-17(2)11-24(7-8-27-17)16(22-3)23-10-13-5-6-14(15(9-13)25-4)26-12-18(19,20)21/h5-6,9H,7-8,10-12H2,1-4H3,(H,22,23). The van der Waals surface area contributed by atoms with Crippen LogP contribution in [0.15, 0.2) is 23.2 Å². The van der Waals surface area contributed by atoms with E-state index in [1.54, 1.807) is 19.2 Å². The molecule has 0 saturated carbocycles. The molecule has 0 atom stereocenters. The van der Waals surface area contributed by atoms with E-state index in [0.29, 0.717) is 6.54 Å². The van der Waals surface area contributed by atoms with Crippen LogP contribution in [0.1, 0.15) is 19.4 Å². The van der Waals surface area contributed by atoms with Gasteiger partial charge in [-0.05, 0) is 31.5 Å². The SMILES string of the molecule is CN=C(NCc1ccc(OCC(F)(F)F)c(OC)c1)N1CCSC(C)(C)C1. The molecule has 1 N–H and O–H groups in total. The highest BCUT2D eigenvalue weighted by Gasteiger charge is 2.29. The van der Waals surface area contributed by atoms with Crippen molar-refractivity contribution in [1.82, 2.24) is 10.2 Å². The lowest BCUT2D eigenvalue weighted by Gasteiger charge is -2.39. The van der Waals surface area contributed by atoms with Crippen LogP contribution in [-0.2, 0) is 6.54 Å². The van der Waals surface area contributed by atoms with Crippen LogP contribution in [0.4, 0.5) is 13.2 Å². The number of halogens is 3. The van der Waals surface area contributed by atoms with Crippen LogP contribution in [0.25, 0.3) is 0 Å². The second kappa shape index (κ2) is 8.95. The Hall–Kier alpha value is -1.77. The van der Waals surface area contributed by atoms with Crippen LogP contribution < -0.4 is 14.8 Å². The Morgan fingerprint density at radius 2 is 2.07 bits per heavy atom. The fourth-order valence-corrected chi connectivity index (χ4v) is 3.92. The summed E-state index contributed by atoms with van der Waals surface area (Å²) in [6.45, 7) is 5.36. The molecule has 0 amide bonds. The molecule has 27 heavy (non-hydrogen) atoms. The Balaban J connectivity index is 2.00. The van der Waals surface area contributed by atoms with Gasteiger partial charge in [0, 0.05) is 37.2 Å². The van der Waals surface area contributed by atoms with E-state index >= 15 is 0 Å². The van der Waals surface area contributed by atoms with Crippen LogP contribution in [-0.4, -0.2) is 61.4 Å². The van der Waals surface area contributed by atoms with E-state index in [9.17, 15) is 13.2 Å². The number of nitrogens with zero attached hydrogens (tertiary/aromatic N) is 2. The molecule has 0 aromatic heterocycles. The second-order valence-electron chi connectivity index (χ2n) is 6.82. The minimum atomic E-state index is -4.39. The first-order valence-corrected chi connectivity index (χ1v) is 9.58. The van der Waals surface area contributed by atoms with Crippen molar-refractivity contribution >= 4 is 17.7 Å². The second-order valence-corrected chi connectivity index (χ2v) is 8.62. The quantitative estimate of drug-likeness (QED) is 0.600. The predicted molar refractivity (Wildman–Crippen MR) is 103 cm³/mol. The van der Waals surface area contributed by atoms with Crippen molar-refractivity contribution in [2.75, 3.05) is 39.6 Å². The lowest BCUT2D eigenvalue weighted by atomic mass is 10.2. The topological polar surface area (TPSA) is 46.1 Å². The normalized spacial score (nSPS) is 17.6. The highest BCUT2D eigenvalue weighted by molar-refractivity contribution is 8.00. The number of hydrogen-bond acceptors (Lipinski definition) is 4. The molecule has 1 saturated heterocycles. The third-order valence-electron chi connectivity index (χ3n) is 4.01. The van der Waals surface area contributed by atoms with Gasteiger partial charge in [0.25, 0.3) is 0 Å². The molecule has 1 aromatic carbocycles. The summed E-state index contributed by atoms with van der Waals surface area (Å²) in [5, 5.41) is 3.31. The molecule has 0 radical (unpaired) electrons. The zero-order chi connectivity index (χ0) is 20.1. The summed E-state index contributed by atoms with van der Waals surface area (Å²) >= 11 is 1.94. The van der Waals surface area contributed by atoms with Crippen molar-refractivity contribution in [3.8, 4) is 11.5 Å². The van der Waals surface area contributed by atoms with Crippen LogP contribution in [0, 0.1) is 0 Å². The molecule has 1 aromatic rings. The predicted octanol–water partition coefficient (Wildman–Crippen LogP) is 3.54. The number of thioether (sulfide) groups is 1.